The van der Waals surface area contributed by atoms with Crippen molar-refractivity contribution in [3.63, 3.8) is 0 Å². The average Bonchev–Trinajstić information content (AvgIpc) is 2.38. The van der Waals surface area contributed by atoms with Crippen molar-refractivity contribution in [1.29, 1.82) is 0 Å². The van der Waals surface area contributed by atoms with E-state index in [0.29, 0.717) is 0 Å². The van der Waals surface area contributed by atoms with Crippen LogP contribution in [0.4, 0.5) is 0 Å². The van der Waals surface area contributed by atoms with Gasteiger partial charge in [-0.2, -0.15) is 0 Å². The van der Waals surface area contributed by atoms with Gasteiger partial charge in [0.2, 0.25) is 0 Å². The first-order valence-corrected chi connectivity index (χ1v) is 6.56. The van der Waals surface area contributed by atoms with Crippen molar-refractivity contribution < 1.29 is 0 Å². The first kappa shape index (κ1) is 13.7. The summed E-state index contributed by atoms with van der Waals surface area (Å²) in [6.07, 6.45) is 3.67. The van der Waals surface area contributed by atoms with E-state index in [1.807, 2.05) is 26.4 Å². The van der Waals surface area contributed by atoms with Crippen molar-refractivity contribution in [2.45, 2.75) is 33.7 Å². The van der Waals surface area contributed by atoms with Crippen LogP contribution in [0.1, 0.15) is 39.7 Å². The van der Waals surface area contributed by atoms with E-state index in [1.54, 1.807) is 0 Å². The predicted molar refractivity (Wildman–Crippen MR) is 78.3 cm³/mol. The highest BCUT2D eigenvalue weighted by Crippen LogP contribution is 2.25. The maximum atomic E-state index is 4.49. The van der Waals surface area contributed by atoms with Crippen molar-refractivity contribution in [1.82, 2.24) is 15.3 Å². The lowest BCUT2D eigenvalue weighted by Crippen LogP contribution is -2.20. The quantitative estimate of drug-likeness (QED) is 0.916. The average molecular weight is 255 g/mol. The topological polar surface area (TPSA) is 37.8 Å². The molecule has 0 amide bonds. The molecule has 100 valence electrons. The van der Waals surface area contributed by atoms with Gasteiger partial charge in [0.15, 0.2) is 0 Å². The fourth-order valence-electron chi connectivity index (χ4n) is 2.31. The van der Waals surface area contributed by atoms with Gasteiger partial charge in [-0.05, 0) is 57.0 Å². The Morgan fingerprint density at radius 2 is 1.58 bits per heavy atom. The molecule has 1 heterocycles. The number of aryl methyl sites for hydroxylation is 4. The molecule has 1 aromatic heterocycles. The Morgan fingerprint density at radius 3 is 2.16 bits per heavy atom. The fraction of sp³-hybridized carbons (Fsp3) is 0.375. The van der Waals surface area contributed by atoms with Crippen LogP contribution in [0, 0.1) is 27.7 Å². The number of rotatable bonds is 3. The Labute approximate surface area is 115 Å². The van der Waals surface area contributed by atoms with E-state index in [4.69, 9.17) is 0 Å². The van der Waals surface area contributed by atoms with Crippen LogP contribution in [0.25, 0.3) is 0 Å². The maximum Gasteiger partial charge on any atom is 0.0801 e. The van der Waals surface area contributed by atoms with E-state index in [2.05, 4.69) is 48.2 Å². The Bertz CT molecular complexity index is 573. The third-order valence-electron chi connectivity index (χ3n) is 3.58. The molecule has 0 fully saturated rings. The van der Waals surface area contributed by atoms with E-state index in [1.165, 1.54) is 22.3 Å². The minimum Gasteiger partial charge on any atom is -0.308 e. The molecular weight excluding hydrogens is 234 g/mol. The molecule has 2 rings (SSSR count). The summed E-state index contributed by atoms with van der Waals surface area (Å²) in [7, 11) is 1.96. The zero-order valence-corrected chi connectivity index (χ0v) is 12.3. The highest BCUT2D eigenvalue weighted by atomic mass is 14.9. The van der Waals surface area contributed by atoms with Crippen LogP contribution >= 0.6 is 0 Å². The van der Waals surface area contributed by atoms with Gasteiger partial charge in [0.25, 0.3) is 0 Å². The largest absolute Gasteiger partial charge is 0.308 e. The van der Waals surface area contributed by atoms with Gasteiger partial charge >= 0.3 is 0 Å². The molecule has 3 heteroatoms. The summed E-state index contributed by atoms with van der Waals surface area (Å²) in [5.41, 5.74) is 7.08. The van der Waals surface area contributed by atoms with Crippen molar-refractivity contribution in [3.05, 3.63) is 58.2 Å². The van der Waals surface area contributed by atoms with Gasteiger partial charge in [0.05, 0.1) is 23.6 Å². The van der Waals surface area contributed by atoms with Gasteiger partial charge in [-0.3, -0.25) is 9.97 Å². The summed E-state index contributed by atoms with van der Waals surface area (Å²) in [6.45, 7) is 8.39. The van der Waals surface area contributed by atoms with Crippen LogP contribution in [-0.4, -0.2) is 17.0 Å². The van der Waals surface area contributed by atoms with Crippen LogP contribution in [0.2, 0.25) is 0 Å². The van der Waals surface area contributed by atoms with Gasteiger partial charge in [0, 0.05) is 6.20 Å². The zero-order chi connectivity index (χ0) is 14.0. The van der Waals surface area contributed by atoms with Crippen molar-refractivity contribution in [2.24, 2.45) is 0 Å². The number of hydrogen-bond donors (Lipinski definition) is 1. The molecule has 3 nitrogen and oxygen atoms in total. The number of nitrogens with one attached hydrogen (secondary N) is 1. The molecule has 0 aliphatic rings. The smallest absolute Gasteiger partial charge is 0.0801 e. The van der Waals surface area contributed by atoms with E-state index in [-0.39, 0.29) is 6.04 Å². The molecule has 2 aromatic rings. The van der Waals surface area contributed by atoms with E-state index in [9.17, 15) is 0 Å². The minimum absolute atomic E-state index is 0.0902. The van der Waals surface area contributed by atoms with Gasteiger partial charge < -0.3 is 5.32 Å². The van der Waals surface area contributed by atoms with E-state index in [0.717, 1.165) is 11.4 Å². The van der Waals surface area contributed by atoms with Crippen molar-refractivity contribution in [3.8, 4) is 0 Å². The zero-order valence-electron chi connectivity index (χ0n) is 12.3. The maximum absolute atomic E-state index is 4.49. The molecule has 19 heavy (non-hydrogen) atoms. The monoisotopic (exact) mass is 255 g/mol. The SMILES string of the molecule is CNC(c1cnc(C)cn1)c1cc(C)c(C)cc1C. The lowest BCUT2D eigenvalue weighted by molar-refractivity contribution is 0.661. The second kappa shape index (κ2) is 5.49. The molecule has 0 aliphatic carbocycles. The number of nitrogens with zero attached hydrogens (tertiary/aromatic N) is 2. The third-order valence-corrected chi connectivity index (χ3v) is 3.58. The molecule has 0 aliphatic heterocycles. The first-order valence-electron chi connectivity index (χ1n) is 6.56. The second-order valence-electron chi connectivity index (χ2n) is 5.10. The lowest BCUT2D eigenvalue weighted by atomic mass is 9.94. The third kappa shape index (κ3) is 2.82. The second-order valence-corrected chi connectivity index (χ2v) is 5.10. The summed E-state index contributed by atoms with van der Waals surface area (Å²) >= 11 is 0. The molecule has 1 N–H and O–H groups in total. The van der Waals surface area contributed by atoms with Crippen LogP contribution in [-0.2, 0) is 0 Å². The lowest BCUT2D eigenvalue weighted by Gasteiger charge is -2.19. The first-order chi connectivity index (χ1) is 9.02. The standard InChI is InChI=1S/C16H21N3/c1-10-6-12(3)14(7-11(10)2)16(17-5)15-9-18-13(4)8-19-15/h6-9,16-17H,1-5H3. The van der Waals surface area contributed by atoms with Crippen LogP contribution in [0.15, 0.2) is 24.5 Å². The van der Waals surface area contributed by atoms with Gasteiger partial charge in [-0.25, -0.2) is 0 Å². The Morgan fingerprint density at radius 1 is 0.895 bits per heavy atom. The molecule has 0 spiro atoms. The summed E-state index contributed by atoms with van der Waals surface area (Å²) in [4.78, 5) is 8.83. The highest BCUT2D eigenvalue weighted by Gasteiger charge is 2.16. The van der Waals surface area contributed by atoms with E-state index < -0.39 is 0 Å². The molecule has 0 radical (unpaired) electrons. The normalized spacial score (nSPS) is 12.5. The summed E-state index contributed by atoms with van der Waals surface area (Å²) in [5, 5.41) is 3.34. The number of aromatic nitrogens is 2. The van der Waals surface area contributed by atoms with Crippen LogP contribution < -0.4 is 5.32 Å². The van der Waals surface area contributed by atoms with Crippen LogP contribution in [0.3, 0.4) is 0 Å². The number of benzene rings is 1. The molecule has 1 aromatic carbocycles. The predicted octanol–water partition coefficient (Wildman–Crippen LogP) is 3.02. The molecule has 1 unspecified atom stereocenters. The molecule has 1 atom stereocenters. The summed E-state index contributed by atoms with van der Waals surface area (Å²) in [6, 6.07) is 4.57. The number of hydrogen-bond acceptors (Lipinski definition) is 3. The Kier molecular flexibility index (Phi) is 3.96. The fourth-order valence-corrected chi connectivity index (χ4v) is 2.31. The van der Waals surface area contributed by atoms with Crippen molar-refractivity contribution in [2.75, 3.05) is 7.05 Å². The summed E-state index contributed by atoms with van der Waals surface area (Å²) in [5.74, 6) is 0. The summed E-state index contributed by atoms with van der Waals surface area (Å²) < 4.78 is 0. The van der Waals surface area contributed by atoms with E-state index >= 15 is 0 Å². The molecule has 0 saturated carbocycles. The Balaban J connectivity index is 2.47. The molecular formula is C16H21N3. The van der Waals surface area contributed by atoms with Gasteiger partial charge in [0.1, 0.15) is 0 Å². The van der Waals surface area contributed by atoms with Gasteiger partial charge in [-0.15, -0.1) is 0 Å². The molecule has 0 bridgehead atoms. The minimum atomic E-state index is 0.0902. The van der Waals surface area contributed by atoms with Crippen molar-refractivity contribution >= 4 is 0 Å². The van der Waals surface area contributed by atoms with Crippen LogP contribution in [0.5, 0.6) is 0 Å². The molecule has 0 saturated heterocycles. The van der Waals surface area contributed by atoms with Gasteiger partial charge in [-0.1, -0.05) is 12.1 Å². The Hall–Kier alpha value is -1.74. The highest BCUT2D eigenvalue weighted by molar-refractivity contribution is 5.40.